The number of nitrogens with one attached hydrogen (secondary N) is 1. The first kappa shape index (κ1) is 13.9. The lowest BCUT2D eigenvalue weighted by Gasteiger charge is -2.19. The summed E-state index contributed by atoms with van der Waals surface area (Å²) >= 11 is 0. The standard InChI is InChI=1S/C11H25NO2/c1-5-7-12-11(8-13-6-2)9-14-10(3)4/h10-12H,5-9H2,1-4H3. The Balaban J connectivity index is 3.60. The van der Waals surface area contributed by atoms with Crippen molar-refractivity contribution in [2.45, 2.75) is 46.3 Å². The van der Waals surface area contributed by atoms with Crippen molar-refractivity contribution >= 4 is 0 Å². The van der Waals surface area contributed by atoms with E-state index in [2.05, 4.69) is 26.1 Å². The van der Waals surface area contributed by atoms with Crippen LogP contribution in [0.3, 0.4) is 0 Å². The molecule has 0 aliphatic heterocycles. The van der Waals surface area contributed by atoms with Crippen LogP contribution in [0.15, 0.2) is 0 Å². The molecule has 1 atom stereocenters. The maximum absolute atomic E-state index is 5.56. The highest BCUT2D eigenvalue weighted by Gasteiger charge is 2.08. The summed E-state index contributed by atoms with van der Waals surface area (Å²) in [7, 11) is 0. The third kappa shape index (κ3) is 8.48. The zero-order chi connectivity index (χ0) is 10.8. The molecule has 14 heavy (non-hydrogen) atoms. The lowest BCUT2D eigenvalue weighted by Crippen LogP contribution is -2.38. The lowest BCUT2D eigenvalue weighted by molar-refractivity contribution is 0.0313. The summed E-state index contributed by atoms with van der Waals surface area (Å²) in [5.41, 5.74) is 0. The molecule has 3 heteroatoms. The minimum atomic E-state index is 0.294. The SMILES string of the molecule is CCCNC(COCC)COC(C)C. The van der Waals surface area contributed by atoms with Gasteiger partial charge in [0, 0.05) is 6.61 Å². The van der Waals surface area contributed by atoms with Gasteiger partial charge in [-0.2, -0.15) is 0 Å². The Labute approximate surface area is 88.2 Å². The smallest absolute Gasteiger partial charge is 0.0645 e. The molecule has 0 aromatic heterocycles. The average molecular weight is 203 g/mol. The van der Waals surface area contributed by atoms with Gasteiger partial charge in [0.25, 0.3) is 0 Å². The van der Waals surface area contributed by atoms with Crippen molar-refractivity contribution in [2.75, 3.05) is 26.4 Å². The van der Waals surface area contributed by atoms with Crippen LogP contribution in [-0.4, -0.2) is 38.5 Å². The molecule has 0 saturated heterocycles. The number of ether oxygens (including phenoxy) is 2. The Morgan fingerprint density at radius 1 is 1.14 bits per heavy atom. The maximum atomic E-state index is 5.56. The minimum Gasteiger partial charge on any atom is -0.380 e. The minimum absolute atomic E-state index is 0.294. The summed E-state index contributed by atoms with van der Waals surface area (Å²) in [6.07, 6.45) is 1.44. The van der Waals surface area contributed by atoms with Crippen LogP contribution in [0.4, 0.5) is 0 Å². The van der Waals surface area contributed by atoms with Crippen LogP contribution in [0.25, 0.3) is 0 Å². The fourth-order valence-electron chi connectivity index (χ4n) is 1.08. The summed E-state index contributed by atoms with van der Waals surface area (Å²) < 4.78 is 10.9. The third-order valence-corrected chi connectivity index (χ3v) is 1.84. The molecule has 0 saturated carbocycles. The Kier molecular flexibility index (Phi) is 9.35. The molecule has 0 aromatic carbocycles. The molecule has 0 amide bonds. The maximum Gasteiger partial charge on any atom is 0.0645 e. The van der Waals surface area contributed by atoms with E-state index in [1.807, 2.05) is 6.92 Å². The summed E-state index contributed by atoms with van der Waals surface area (Å²) in [6.45, 7) is 11.6. The average Bonchev–Trinajstić information content (AvgIpc) is 2.16. The largest absolute Gasteiger partial charge is 0.380 e. The fraction of sp³-hybridized carbons (Fsp3) is 1.00. The van der Waals surface area contributed by atoms with Crippen LogP contribution in [0.5, 0.6) is 0 Å². The molecular formula is C11H25NO2. The molecule has 86 valence electrons. The van der Waals surface area contributed by atoms with E-state index in [0.717, 1.165) is 32.8 Å². The molecular weight excluding hydrogens is 178 g/mol. The first-order chi connectivity index (χ1) is 6.70. The van der Waals surface area contributed by atoms with Gasteiger partial charge in [-0.15, -0.1) is 0 Å². The zero-order valence-corrected chi connectivity index (χ0v) is 10.0. The van der Waals surface area contributed by atoms with Crippen LogP contribution in [0, 0.1) is 0 Å². The van der Waals surface area contributed by atoms with E-state index in [1.165, 1.54) is 0 Å². The molecule has 1 N–H and O–H groups in total. The highest BCUT2D eigenvalue weighted by Crippen LogP contribution is 1.94. The monoisotopic (exact) mass is 203 g/mol. The molecule has 0 bridgehead atoms. The van der Waals surface area contributed by atoms with Crippen molar-refractivity contribution in [2.24, 2.45) is 0 Å². The topological polar surface area (TPSA) is 30.5 Å². The molecule has 0 aromatic rings. The second-order valence-corrected chi connectivity index (χ2v) is 3.69. The van der Waals surface area contributed by atoms with E-state index in [4.69, 9.17) is 9.47 Å². The zero-order valence-electron chi connectivity index (χ0n) is 10.0. The Morgan fingerprint density at radius 3 is 2.36 bits per heavy atom. The van der Waals surface area contributed by atoms with Crippen molar-refractivity contribution in [1.29, 1.82) is 0 Å². The highest BCUT2D eigenvalue weighted by atomic mass is 16.5. The van der Waals surface area contributed by atoms with Gasteiger partial charge >= 0.3 is 0 Å². The summed E-state index contributed by atoms with van der Waals surface area (Å²) in [5.74, 6) is 0. The van der Waals surface area contributed by atoms with Crippen LogP contribution in [0.2, 0.25) is 0 Å². The third-order valence-electron chi connectivity index (χ3n) is 1.84. The second-order valence-electron chi connectivity index (χ2n) is 3.69. The highest BCUT2D eigenvalue weighted by molar-refractivity contribution is 4.65. The van der Waals surface area contributed by atoms with E-state index in [1.54, 1.807) is 0 Å². The number of rotatable bonds is 9. The fourth-order valence-corrected chi connectivity index (χ4v) is 1.08. The van der Waals surface area contributed by atoms with Gasteiger partial charge in [-0.25, -0.2) is 0 Å². The molecule has 0 radical (unpaired) electrons. The number of hydrogen-bond acceptors (Lipinski definition) is 3. The Bertz CT molecular complexity index is 110. The normalized spacial score (nSPS) is 13.5. The molecule has 1 unspecified atom stereocenters. The van der Waals surface area contributed by atoms with Crippen LogP contribution in [0.1, 0.15) is 34.1 Å². The molecule has 0 aliphatic carbocycles. The van der Waals surface area contributed by atoms with E-state index in [-0.39, 0.29) is 0 Å². The van der Waals surface area contributed by atoms with E-state index in [9.17, 15) is 0 Å². The quantitative estimate of drug-likeness (QED) is 0.620. The van der Waals surface area contributed by atoms with Gasteiger partial charge in [0.2, 0.25) is 0 Å². The lowest BCUT2D eigenvalue weighted by atomic mass is 10.3. The molecule has 0 heterocycles. The molecule has 0 fully saturated rings. The molecule has 3 nitrogen and oxygen atoms in total. The van der Waals surface area contributed by atoms with Gasteiger partial charge < -0.3 is 14.8 Å². The van der Waals surface area contributed by atoms with Crippen molar-refractivity contribution in [1.82, 2.24) is 5.32 Å². The number of hydrogen-bond donors (Lipinski definition) is 1. The van der Waals surface area contributed by atoms with E-state index in [0.29, 0.717) is 12.1 Å². The second kappa shape index (κ2) is 9.44. The van der Waals surface area contributed by atoms with Gasteiger partial charge in [0.05, 0.1) is 25.4 Å². The van der Waals surface area contributed by atoms with Gasteiger partial charge in [0.15, 0.2) is 0 Å². The van der Waals surface area contributed by atoms with Crippen LogP contribution in [-0.2, 0) is 9.47 Å². The van der Waals surface area contributed by atoms with Crippen molar-refractivity contribution in [3.8, 4) is 0 Å². The van der Waals surface area contributed by atoms with Gasteiger partial charge in [-0.1, -0.05) is 6.92 Å². The molecule has 0 aliphatic rings. The predicted octanol–water partition coefficient (Wildman–Crippen LogP) is 1.82. The van der Waals surface area contributed by atoms with Crippen molar-refractivity contribution < 1.29 is 9.47 Å². The van der Waals surface area contributed by atoms with Crippen LogP contribution >= 0.6 is 0 Å². The first-order valence-electron chi connectivity index (χ1n) is 5.63. The predicted molar refractivity (Wildman–Crippen MR) is 59.7 cm³/mol. The molecule has 0 spiro atoms. The summed E-state index contributed by atoms with van der Waals surface area (Å²) in [6, 6.07) is 0.331. The van der Waals surface area contributed by atoms with Gasteiger partial charge in [0.1, 0.15) is 0 Å². The van der Waals surface area contributed by atoms with E-state index >= 15 is 0 Å². The van der Waals surface area contributed by atoms with Crippen LogP contribution < -0.4 is 5.32 Å². The van der Waals surface area contributed by atoms with Gasteiger partial charge in [-0.05, 0) is 33.7 Å². The first-order valence-corrected chi connectivity index (χ1v) is 5.63. The van der Waals surface area contributed by atoms with Crippen molar-refractivity contribution in [3.05, 3.63) is 0 Å². The Morgan fingerprint density at radius 2 is 1.86 bits per heavy atom. The summed E-state index contributed by atoms with van der Waals surface area (Å²) in [5, 5.41) is 3.41. The summed E-state index contributed by atoms with van der Waals surface area (Å²) in [4.78, 5) is 0. The van der Waals surface area contributed by atoms with Crippen molar-refractivity contribution in [3.63, 3.8) is 0 Å². The van der Waals surface area contributed by atoms with Gasteiger partial charge in [-0.3, -0.25) is 0 Å². The van der Waals surface area contributed by atoms with E-state index < -0.39 is 0 Å². The Hall–Kier alpha value is -0.120. The molecule has 0 rings (SSSR count).